The van der Waals surface area contributed by atoms with E-state index < -0.39 is 0 Å². The van der Waals surface area contributed by atoms with Crippen molar-refractivity contribution in [3.05, 3.63) is 0 Å². The number of carbonyl (C=O) groups excluding carboxylic acids is 2. The molecule has 0 unspecified atom stereocenters. The Labute approximate surface area is 107 Å². The molecule has 0 aromatic carbocycles. The SMILES string of the molecule is CN1C(=O)CO[C@@H]2CCN(C(=O)CC3CC3)C[C@@H]21. The van der Waals surface area contributed by atoms with Crippen LogP contribution in [-0.4, -0.2) is 60.5 Å². The Balaban J connectivity index is 1.62. The Morgan fingerprint density at radius 2 is 2.17 bits per heavy atom. The number of ether oxygens (including phenoxy) is 1. The number of likely N-dealkylation sites (tertiary alicyclic amines) is 1. The van der Waals surface area contributed by atoms with E-state index in [0.29, 0.717) is 18.9 Å². The maximum atomic E-state index is 12.1. The molecule has 0 aromatic rings. The lowest BCUT2D eigenvalue weighted by Crippen LogP contribution is -2.61. The highest BCUT2D eigenvalue weighted by atomic mass is 16.5. The van der Waals surface area contributed by atoms with Gasteiger partial charge in [0.2, 0.25) is 11.8 Å². The van der Waals surface area contributed by atoms with Gasteiger partial charge >= 0.3 is 0 Å². The van der Waals surface area contributed by atoms with Crippen LogP contribution < -0.4 is 0 Å². The van der Waals surface area contributed by atoms with Gasteiger partial charge in [0.1, 0.15) is 6.61 Å². The number of hydrogen-bond acceptors (Lipinski definition) is 3. The summed E-state index contributed by atoms with van der Waals surface area (Å²) in [5.41, 5.74) is 0. The Kier molecular flexibility index (Phi) is 3.01. The molecule has 0 spiro atoms. The average molecular weight is 252 g/mol. The van der Waals surface area contributed by atoms with Crippen LogP contribution in [0.25, 0.3) is 0 Å². The normalized spacial score (nSPS) is 32.4. The fourth-order valence-corrected chi connectivity index (χ4v) is 2.87. The van der Waals surface area contributed by atoms with Gasteiger partial charge in [0.25, 0.3) is 0 Å². The molecule has 0 bridgehead atoms. The molecule has 0 radical (unpaired) electrons. The number of nitrogens with zero attached hydrogens (tertiary/aromatic N) is 2. The van der Waals surface area contributed by atoms with Crippen LogP contribution >= 0.6 is 0 Å². The summed E-state index contributed by atoms with van der Waals surface area (Å²) in [4.78, 5) is 27.4. The van der Waals surface area contributed by atoms with Gasteiger partial charge in [-0.1, -0.05) is 0 Å². The highest BCUT2D eigenvalue weighted by molar-refractivity contribution is 5.79. The third-order valence-corrected chi connectivity index (χ3v) is 4.34. The number of rotatable bonds is 2. The van der Waals surface area contributed by atoms with Crippen LogP contribution in [-0.2, 0) is 14.3 Å². The van der Waals surface area contributed by atoms with Crippen molar-refractivity contribution in [1.82, 2.24) is 9.80 Å². The van der Waals surface area contributed by atoms with Crippen molar-refractivity contribution >= 4 is 11.8 Å². The van der Waals surface area contributed by atoms with E-state index in [1.807, 2.05) is 11.9 Å². The molecule has 2 aliphatic heterocycles. The van der Waals surface area contributed by atoms with Crippen molar-refractivity contribution in [2.75, 3.05) is 26.7 Å². The molecule has 2 atom stereocenters. The van der Waals surface area contributed by atoms with Gasteiger partial charge in [0, 0.05) is 26.6 Å². The first-order valence-electron chi connectivity index (χ1n) is 6.80. The number of likely N-dealkylation sites (N-methyl/N-ethyl adjacent to an activating group) is 1. The lowest BCUT2D eigenvalue weighted by molar-refractivity contribution is -0.163. The van der Waals surface area contributed by atoms with E-state index in [2.05, 4.69) is 0 Å². The Morgan fingerprint density at radius 1 is 1.39 bits per heavy atom. The molecule has 2 heterocycles. The van der Waals surface area contributed by atoms with E-state index in [-0.39, 0.29) is 30.6 Å². The molecular formula is C13H20N2O3. The predicted octanol–water partition coefficient (Wildman–Crippen LogP) is 0.245. The molecule has 0 aromatic heterocycles. The van der Waals surface area contributed by atoms with Crippen molar-refractivity contribution in [1.29, 1.82) is 0 Å². The molecule has 2 amide bonds. The van der Waals surface area contributed by atoms with Crippen molar-refractivity contribution in [3.63, 3.8) is 0 Å². The molecule has 2 saturated heterocycles. The zero-order valence-electron chi connectivity index (χ0n) is 10.8. The largest absolute Gasteiger partial charge is 0.366 e. The van der Waals surface area contributed by atoms with E-state index in [4.69, 9.17) is 4.74 Å². The van der Waals surface area contributed by atoms with E-state index in [1.165, 1.54) is 12.8 Å². The van der Waals surface area contributed by atoms with Gasteiger partial charge < -0.3 is 14.5 Å². The van der Waals surface area contributed by atoms with Crippen molar-refractivity contribution < 1.29 is 14.3 Å². The summed E-state index contributed by atoms with van der Waals surface area (Å²) in [7, 11) is 1.82. The molecule has 3 aliphatic rings. The monoisotopic (exact) mass is 252 g/mol. The number of carbonyl (C=O) groups is 2. The van der Waals surface area contributed by atoms with Crippen LogP contribution in [0.15, 0.2) is 0 Å². The molecule has 18 heavy (non-hydrogen) atoms. The smallest absolute Gasteiger partial charge is 0.248 e. The molecular weight excluding hydrogens is 232 g/mol. The summed E-state index contributed by atoms with van der Waals surface area (Å²) in [6, 6.07) is 0.0446. The Morgan fingerprint density at radius 3 is 2.89 bits per heavy atom. The maximum Gasteiger partial charge on any atom is 0.248 e. The van der Waals surface area contributed by atoms with E-state index in [1.54, 1.807) is 4.90 Å². The Hall–Kier alpha value is -1.10. The molecule has 1 aliphatic carbocycles. The predicted molar refractivity (Wildman–Crippen MR) is 64.8 cm³/mol. The quantitative estimate of drug-likeness (QED) is 0.707. The average Bonchev–Trinajstić information content (AvgIpc) is 3.17. The summed E-state index contributed by atoms with van der Waals surface area (Å²) in [5.74, 6) is 0.896. The highest BCUT2D eigenvalue weighted by Crippen LogP contribution is 2.33. The van der Waals surface area contributed by atoms with Crippen LogP contribution in [0.4, 0.5) is 0 Å². The minimum absolute atomic E-state index is 0.0211. The lowest BCUT2D eigenvalue weighted by atomic mass is 9.98. The van der Waals surface area contributed by atoms with Crippen LogP contribution in [0.3, 0.4) is 0 Å². The van der Waals surface area contributed by atoms with Gasteiger partial charge in [-0.25, -0.2) is 0 Å². The number of fused-ring (bicyclic) bond motifs is 1. The fourth-order valence-electron chi connectivity index (χ4n) is 2.87. The summed E-state index contributed by atoms with van der Waals surface area (Å²) < 4.78 is 5.56. The third kappa shape index (κ3) is 2.23. The van der Waals surface area contributed by atoms with Crippen molar-refractivity contribution in [3.8, 4) is 0 Å². The fraction of sp³-hybridized carbons (Fsp3) is 0.846. The zero-order chi connectivity index (χ0) is 12.7. The minimum Gasteiger partial charge on any atom is -0.366 e. The van der Waals surface area contributed by atoms with Gasteiger partial charge in [-0.3, -0.25) is 9.59 Å². The Bertz CT molecular complexity index is 367. The first-order chi connectivity index (χ1) is 8.65. The third-order valence-electron chi connectivity index (χ3n) is 4.34. The maximum absolute atomic E-state index is 12.1. The van der Waals surface area contributed by atoms with Gasteiger partial charge in [0.05, 0.1) is 12.1 Å². The number of amides is 2. The standard InChI is InChI=1S/C13H20N2O3/c1-14-10-7-15(12(16)6-9-2-3-9)5-4-11(10)18-8-13(14)17/h9-11H,2-8H2,1H3/t10-,11+/m0/s1. The minimum atomic E-state index is 0.0211. The van der Waals surface area contributed by atoms with Gasteiger partial charge in [-0.15, -0.1) is 0 Å². The number of hydrogen-bond donors (Lipinski definition) is 0. The summed E-state index contributed by atoms with van der Waals surface area (Å²) in [6.45, 7) is 1.60. The molecule has 100 valence electrons. The summed E-state index contributed by atoms with van der Waals surface area (Å²) in [5, 5.41) is 0. The van der Waals surface area contributed by atoms with Crippen LogP contribution in [0.5, 0.6) is 0 Å². The van der Waals surface area contributed by atoms with E-state index in [9.17, 15) is 9.59 Å². The van der Waals surface area contributed by atoms with Gasteiger partial charge in [0.15, 0.2) is 0 Å². The second kappa shape index (κ2) is 4.53. The first kappa shape index (κ1) is 12.0. The van der Waals surface area contributed by atoms with Crippen LogP contribution in [0.2, 0.25) is 0 Å². The molecule has 3 fully saturated rings. The molecule has 1 saturated carbocycles. The van der Waals surface area contributed by atoms with Gasteiger partial charge in [-0.05, 0) is 25.2 Å². The lowest BCUT2D eigenvalue weighted by Gasteiger charge is -2.45. The van der Waals surface area contributed by atoms with Crippen LogP contribution in [0, 0.1) is 5.92 Å². The van der Waals surface area contributed by atoms with Crippen molar-refractivity contribution in [2.45, 2.75) is 37.8 Å². The zero-order valence-corrected chi connectivity index (χ0v) is 10.8. The number of morpholine rings is 1. The molecule has 3 rings (SSSR count). The summed E-state index contributed by atoms with van der Waals surface area (Å²) >= 11 is 0. The second-order valence-electron chi connectivity index (χ2n) is 5.70. The number of piperidine rings is 1. The van der Waals surface area contributed by atoms with Crippen molar-refractivity contribution in [2.24, 2.45) is 5.92 Å². The van der Waals surface area contributed by atoms with Gasteiger partial charge in [-0.2, -0.15) is 0 Å². The van der Waals surface area contributed by atoms with E-state index in [0.717, 1.165) is 13.0 Å². The molecule has 5 nitrogen and oxygen atoms in total. The molecule has 5 heteroatoms. The highest BCUT2D eigenvalue weighted by Gasteiger charge is 2.40. The van der Waals surface area contributed by atoms with E-state index >= 15 is 0 Å². The first-order valence-corrected chi connectivity index (χ1v) is 6.80. The second-order valence-corrected chi connectivity index (χ2v) is 5.70. The summed E-state index contributed by atoms with van der Waals surface area (Å²) in [6.07, 6.45) is 4.05. The molecule has 0 N–H and O–H groups in total. The van der Waals surface area contributed by atoms with Crippen LogP contribution in [0.1, 0.15) is 25.7 Å². The topological polar surface area (TPSA) is 49.9 Å².